The highest BCUT2D eigenvalue weighted by Crippen LogP contribution is 2.36. The topological polar surface area (TPSA) is 38.5 Å². The molecule has 0 atom stereocenters. The summed E-state index contributed by atoms with van der Waals surface area (Å²) in [5, 5.41) is 0. The molecular weight excluding hydrogens is 224 g/mol. The van der Waals surface area contributed by atoms with Crippen LogP contribution in [0.5, 0.6) is 5.75 Å². The van der Waals surface area contributed by atoms with E-state index < -0.39 is 0 Å². The molecule has 2 rings (SSSR count). The van der Waals surface area contributed by atoms with Gasteiger partial charge in [-0.1, -0.05) is 13.0 Å². The fourth-order valence-electron chi connectivity index (χ4n) is 2.16. The molecule has 0 spiro atoms. The van der Waals surface area contributed by atoms with Crippen molar-refractivity contribution >= 4 is 11.4 Å². The molecule has 1 aromatic rings. The first-order valence-corrected chi connectivity index (χ1v) is 7.02. The van der Waals surface area contributed by atoms with Crippen LogP contribution in [0.15, 0.2) is 18.2 Å². The maximum absolute atomic E-state index is 6.23. The van der Waals surface area contributed by atoms with Gasteiger partial charge in [-0.25, -0.2) is 0 Å². The second-order valence-corrected chi connectivity index (χ2v) is 5.02. The van der Waals surface area contributed by atoms with Crippen LogP contribution in [0, 0.1) is 5.92 Å². The van der Waals surface area contributed by atoms with Crippen molar-refractivity contribution in [3.8, 4) is 5.75 Å². The first-order chi connectivity index (χ1) is 8.76. The number of hydrogen-bond donors (Lipinski definition) is 1. The van der Waals surface area contributed by atoms with Gasteiger partial charge in [0.2, 0.25) is 0 Å². The Morgan fingerprint density at radius 3 is 2.72 bits per heavy atom. The lowest BCUT2D eigenvalue weighted by Crippen LogP contribution is -2.26. The van der Waals surface area contributed by atoms with E-state index in [0.29, 0.717) is 0 Å². The first-order valence-electron chi connectivity index (χ1n) is 7.02. The van der Waals surface area contributed by atoms with Gasteiger partial charge in [0.05, 0.1) is 18.0 Å². The second kappa shape index (κ2) is 5.98. The molecular formula is C15H24N2O. The molecule has 2 N–H and O–H groups in total. The molecule has 0 radical (unpaired) electrons. The molecule has 3 nitrogen and oxygen atoms in total. The summed E-state index contributed by atoms with van der Waals surface area (Å²) in [6.07, 6.45) is 3.73. The smallest absolute Gasteiger partial charge is 0.144 e. The van der Waals surface area contributed by atoms with Crippen LogP contribution < -0.4 is 15.4 Å². The van der Waals surface area contributed by atoms with Crippen molar-refractivity contribution in [1.82, 2.24) is 0 Å². The van der Waals surface area contributed by atoms with Gasteiger partial charge in [-0.2, -0.15) is 0 Å². The van der Waals surface area contributed by atoms with Gasteiger partial charge in [0.25, 0.3) is 0 Å². The summed E-state index contributed by atoms with van der Waals surface area (Å²) >= 11 is 0. The molecule has 1 saturated carbocycles. The number of benzene rings is 1. The zero-order chi connectivity index (χ0) is 13.0. The molecule has 0 amide bonds. The maximum Gasteiger partial charge on any atom is 0.144 e. The van der Waals surface area contributed by atoms with Crippen LogP contribution >= 0.6 is 0 Å². The van der Waals surface area contributed by atoms with Crippen LogP contribution in [0.4, 0.5) is 11.4 Å². The summed E-state index contributed by atoms with van der Waals surface area (Å²) in [7, 11) is 0. The van der Waals surface area contributed by atoms with E-state index in [4.69, 9.17) is 10.5 Å². The Hall–Kier alpha value is -1.38. The summed E-state index contributed by atoms with van der Waals surface area (Å²) in [5.41, 5.74) is 8.14. The number of nitrogens with zero attached hydrogens (tertiary/aromatic N) is 1. The summed E-state index contributed by atoms with van der Waals surface area (Å²) in [4.78, 5) is 2.37. The van der Waals surface area contributed by atoms with Gasteiger partial charge >= 0.3 is 0 Å². The summed E-state index contributed by atoms with van der Waals surface area (Å²) in [5.74, 6) is 1.69. The number of nitrogen functional groups attached to an aromatic ring is 1. The van der Waals surface area contributed by atoms with E-state index in [9.17, 15) is 0 Å². The van der Waals surface area contributed by atoms with Gasteiger partial charge in [0.15, 0.2) is 0 Å². The number of anilines is 2. The molecule has 0 bridgehead atoms. The van der Waals surface area contributed by atoms with E-state index in [2.05, 4.69) is 24.8 Å². The van der Waals surface area contributed by atoms with Crippen molar-refractivity contribution in [3.63, 3.8) is 0 Å². The summed E-state index contributed by atoms with van der Waals surface area (Å²) < 4.78 is 5.69. The molecule has 100 valence electrons. The highest BCUT2D eigenvalue weighted by atomic mass is 16.5. The van der Waals surface area contributed by atoms with Crippen molar-refractivity contribution in [3.05, 3.63) is 18.2 Å². The molecule has 1 aromatic carbocycles. The molecule has 0 saturated heterocycles. The second-order valence-electron chi connectivity index (χ2n) is 5.02. The van der Waals surface area contributed by atoms with Crippen LogP contribution in [0.1, 0.15) is 33.1 Å². The average Bonchev–Trinajstić information content (AvgIpc) is 3.19. The third kappa shape index (κ3) is 3.09. The Morgan fingerprint density at radius 1 is 1.33 bits per heavy atom. The molecule has 3 heteroatoms. The monoisotopic (exact) mass is 248 g/mol. The molecule has 1 aliphatic rings. The van der Waals surface area contributed by atoms with E-state index in [0.717, 1.165) is 49.2 Å². The number of para-hydroxylation sites is 1. The Morgan fingerprint density at radius 2 is 2.11 bits per heavy atom. The standard InChI is InChI=1S/C15H24N2O/c1-3-10-18-14-7-5-6-13(15(14)16)17(4-2)11-12-8-9-12/h5-7,12H,3-4,8-11,16H2,1-2H3. The van der Waals surface area contributed by atoms with Crippen molar-refractivity contribution < 1.29 is 4.74 Å². The number of hydrogen-bond acceptors (Lipinski definition) is 3. The largest absolute Gasteiger partial charge is 0.491 e. The Balaban J connectivity index is 2.14. The van der Waals surface area contributed by atoms with E-state index >= 15 is 0 Å². The zero-order valence-electron chi connectivity index (χ0n) is 11.5. The van der Waals surface area contributed by atoms with Crippen LogP contribution in [0.25, 0.3) is 0 Å². The Labute approximate surface area is 110 Å². The van der Waals surface area contributed by atoms with Crippen molar-refractivity contribution in [2.75, 3.05) is 30.3 Å². The Kier molecular flexibility index (Phi) is 4.34. The fourth-order valence-corrected chi connectivity index (χ4v) is 2.16. The normalized spacial score (nSPS) is 14.6. The first kappa shape index (κ1) is 13.1. The van der Waals surface area contributed by atoms with Gasteiger partial charge in [0, 0.05) is 13.1 Å². The predicted molar refractivity (Wildman–Crippen MR) is 77.3 cm³/mol. The molecule has 0 aromatic heterocycles. The van der Waals surface area contributed by atoms with Crippen molar-refractivity contribution in [2.45, 2.75) is 33.1 Å². The molecule has 1 fully saturated rings. The lowest BCUT2D eigenvalue weighted by molar-refractivity contribution is 0.319. The highest BCUT2D eigenvalue weighted by Gasteiger charge is 2.25. The van der Waals surface area contributed by atoms with E-state index in [1.54, 1.807) is 0 Å². The number of nitrogens with two attached hydrogens (primary N) is 1. The lowest BCUT2D eigenvalue weighted by Gasteiger charge is -2.25. The van der Waals surface area contributed by atoms with Crippen LogP contribution in [-0.4, -0.2) is 19.7 Å². The van der Waals surface area contributed by atoms with Crippen LogP contribution in [0.3, 0.4) is 0 Å². The molecule has 18 heavy (non-hydrogen) atoms. The van der Waals surface area contributed by atoms with Gasteiger partial charge < -0.3 is 15.4 Å². The quantitative estimate of drug-likeness (QED) is 0.752. The SMILES string of the molecule is CCCOc1cccc(N(CC)CC2CC2)c1N. The van der Waals surface area contributed by atoms with E-state index in [1.165, 1.54) is 12.8 Å². The summed E-state index contributed by atoms with van der Waals surface area (Å²) in [6.45, 7) is 7.13. The predicted octanol–water partition coefficient (Wildman–Crippen LogP) is 3.29. The minimum atomic E-state index is 0.725. The zero-order valence-corrected chi connectivity index (χ0v) is 11.5. The molecule has 0 unspecified atom stereocenters. The third-order valence-corrected chi connectivity index (χ3v) is 3.40. The summed E-state index contributed by atoms with van der Waals surface area (Å²) in [6, 6.07) is 6.09. The van der Waals surface area contributed by atoms with Crippen molar-refractivity contribution in [1.29, 1.82) is 0 Å². The van der Waals surface area contributed by atoms with Gasteiger partial charge in [-0.3, -0.25) is 0 Å². The van der Waals surface area contributed by atoms with Crippen LogP contribution in [0.2, 0.25) is 0 Å². The highest BCUT2D eigenvalue weighted by molar-refractivity contribution is 5.74. The number of ether oxygens (including phenoxy) is 1. The van der Waals surface area contributed by atoms with Crippen LogP contribution in [-0.2, 0) is 0 Å². The lowest BCUT2D eigenvalue weighted by atomic mass is 10.2. The maximum atomic E-state index is 6.23. The average molecular weight is 248 g/mol. The van der Waals surface area contributed by atoms with Gasteiger partial charge in [0.1, 0.15) is 5.75 Å². The minimum absolute atomic E-state index is 0.725. The molecule has 0 heterocycles. The third-order valence-electron chi connectivity index (χ3n) is 3.40. The van der Waals surface area contributed by atoms with Crippen molar-refractivity contribution in [2.24, 2.45) is 5.92 Å². The minimum Gasteiger partial charge on any atom is -0.491 e. The van der Waals surface area contributed by atoms with Gasteiger partial charge in [-0.15, -0.1) is 0 Å². The van der Waals surface area contributed by atoms with E-state index in [-0.39, 0.29) is 0 Å². The number of rotatable bonds is 7. The fraction of sp³-hybridized carbons (Fsp3) is 0.600. The molecule has 1 aliphatic carbocycles. The van der Waals surface area contributed by atoms with E-state index in [1.807, 2.05) is 12.1 Å². The Bertz CT molecular complexity index is 388. The molecule has 0 aliphatic heterocycles. The van der Waals surface area contributed by atoms with Gasteiger partial charge in [-0.05, 0) is 44.2 Å².